The zero-order chi connectivity index (χ0) is 12.3. The third-order valence-electron chi connectivity index (χ3n) is 4.20. The van der Waals surface area contributed by atoms with Crippen LogP contribution in [0.2, 0.25) is 0 Å². The van der Waals surface area contributed by atoms with Gasteiger partial charge in [0.25, 0.3) is 0 Å². The number of carbonyl (C=O) groups excluding carboxylic acids is 1. The fourth-order valence-corrected chi connectivity index (χ4v) is 3.80. The van der Waals surface area contributed by atoms with Crippen LogP contribution in [0.15, 0.2) is 0 Å². The molecule has 4 heteroatoms. The normalized spacial score (nSPS) is 30.9. The van der Waals surface area contributed by atoms with Gasteiger partial charge in [-0.2, -0.15) is 24.4 Å². The molecule has 0 aromatic heterocycles. The lowest BCUT2D eigenvalue weighted by molar-refractivity contribution is -0.123. The molecule has 1 N–H and O–H groups in total. The summed E-state index contributed by atoms with van der Waals surface area (Å²) in [7, 11) is 0. The van der Waals surface area contributed by atoms with Gasteiger partial charge in [0, 0.05) is 17.7 Å². The molecule has 0 heterocycles. The highest BCUT2D eigenvalue weighted by atomic mass is 32.2. The van der Waals surface area contributed by atoms with Crippen LogP contribution in [0.25, 0.3) is 0 Å². The minimum Gasteiger partial charge on any atom is -0.353 e. The summed E-state index contributed by atoms with van der Waals surface area (Å²) in [4.78, 5) is 11.9. The first kappa shape index (κ1) is 13.6. The summed E-state index contributed by atoms with van der Waals surface area (Å²) >= 11 is 6.31. The highest BCUT2D eigenvalue weighted by Gasteiger charge is 2.43. The average Bonchev–Trinajstić information content (AvgIpc) is 3.10. The largest absolute Gasteiger partial charge is 0.353 e. The molecule has 0 spiro atoms. The predicted molar refractivity (Wildman–Crippen MR) is 77.8 cm³/mol. The number of thiol groups is 1. The zero-order valence-electron chi connectivity index (χ0n) is 10.6. The van der Waals surface area contributed by atoms with Crippen LogP contribution < -0.4 is 5.32 Å². The zero-order valence-corrected chi connectivity index (χ0v) is 12.3. The Morgan fingerprint density at radius 2 is 2.00 bits per heavy atom. The van der Waals surface area contributed by atoms with E-state index in [-0.39, 0.29) is 11.3 Å². The molecule has 0 saturated heterocycles. The Morgan fingerprint density at radius 3 is 2.47 bits per heavy atom. The molecule has 2 saturated carbocycles. The molecule has 0 aromatic carbocycles. The van der Waals surface area contributed by atoms with Crippen molar-refractivity contribution in [2.24, 2.45) is 5.41 Å². The van der Waals surface area contributed by atoms with E-state index in [0.29, 0.717) is 12.5 Å². The fraction of sp³-hybridized carbons (Fsp3) is 0.923. The highest BCUT2D eigenvalue weighted by Crippen LogP contribution is 2.49. The lowest BCUT2D eigenvalue weighted by Crippen LogP contribution is -2.39. The van der Waals surface area contributed by atoms with E-state index in [2.05, 4.69) is 24.2 Å². The molecule has 2 rings (SSSR count). The van der Waals surface area contributed by atoms with Crippen molar-refractivity contribution >= 4 is 30.3 Å². The molecule has 0 radical (unpaired) electrons. The van der Waals surface area contributed by atoms with Gasteiger partial charge in [0.2, 0.25) is 5.91 Å². The quantitative estimate of drug-likeness (QED) is 0.754. The standard InChI is InChI=1S/C13H23NOS2/c1-17-11-4-2-10(3-5-11)14-12(15)8-13(9-16)6-7-13/h10-11,16H,2-9H2,1H3,(H,14,15). The third-order valence-corrected chi connectivity index (χ3v) is 6.01. The average molecular weight is 273 g/mol. The van der Waals surface area contributed by atoms with E-state index in [0.717, 1.165) is 23.8 Å². The predicted octanol–water partition coefficient (Wildman–Crippen LogP) is 2.88. The topological polar surface area (TPSA) is 29.1 Å². The van der Waals surface area contributed by atoms with Crippen LogP contribution in [0.4, 0.5) is 0 Å². The van der Waals surface area contributed by atoms with Crippen LogP contribution >= 0.6 is 24.4 Å². The number of nitrogens with one attached hydrogen (secondary N) is 1. The molecule has 17 heavy (non-hydrogen) atoms. The second-order valence-corrected chi connectivity index (χ2v) is 7.07. The summed E-state index contributed by atoms with van der Waals surface area (Å²) in [6.45, 7) is 0. The molecule has 0 aliphatic heterocycles. The SMILES string of the molecule is CSC1CCC(NC(=O)CC2(CS)CC2)CC1. The molecule has 1 amide bonds. The van der Waals surface area contributed by atoms with Gasteiger partial charge in [-0.25, -0.2) is 0 Å². The summed E-state index contributed by atoms with van der Waals surface area (Å²) in [5.41, 5.74) is 0.254. The Hall–Kier alpha value is 0.170. The van der Waals surface area contributed by atoms with Crippen molar-refractivity contribution < 1.29 is 4.79 Å². The maximum absolute atomic E-state index is 11.9. The van der Waals surface area contributed by atoms with E-state index in [9.17, 15) is 4.79 Å². The molecule has 2 nitrogen and oxygen atoms in total. The number of amides is 1. The molecule has 2 fully saturated rings. The minimum absolute atomic E-state index is 0.254. The minimum atomic E-state index is 0.254. The fourth-order valence-electron chi connectivity index (χ4n) is 2.63. The van der Waals surface area contributed by atoms with Crippen molar-refractivity contribution in [1.29, 1.82) is 0 Å². The summed E-state index contributed by atoms with van der Waals surface area (Å²) in [5, 5.41) is 4.03. The molecule has 0 aromatic rings. The molecule has 2 aliphatic carbocycles. The maximum atomic E-state index is 11.9. The van der Waals surface area contributed by atoms with Crippen molar-refractivity contribution in [3.05, 3.63) is 0 Å². The van der Waals surface area contributed by atoms with Crippen molar-refractivity contribution in [1.82, 2.24) is 5.32 Å². The van der Waals surface area contributed by atoms with Crippen LogP contribution in [0.5, 0.6) is 0 Å². The number of thioether (sulfide) groups is 1. The van der Waals surface area contributed by atoms with Crippen molar-refractivity contribution in [3.8, 4) is 0 Å². The number of hydrogen-bond acceptors (Lipinski definition) is 3. The van der Waals surface area contributed by atoms with Gasteiger partial charge in [-0.05, 0) is 55.9 Å². The Morgan fingerprint density at radius 1 is 1.35 bits per heavy atom. The van der Waals surface area contributed by atoms with E-state index in [4.69, 9.17) is 0 Å². The smallest absolute Gasteiger partial charge is 0.220 e. The maximum Gasteiger partial charge on any atom is 0.220 e. The van der Waals surface area contributed by atoms with Crippen LogP contribution in [0.3, 0.4) is 0 Å². The molecule has 0 atom stereocenters. The van der Waals surface area contributed by atoms with Gasteiger partial charge in [-0.3, -0.25) is 4.79 Å². The molecule has 98 valence electrons. The molecule has 0 unspecified atom stereocenters. The molecule has 2 aliphatic rings. The third kappa shape index (κ3) is 3.82. The molecular formula is C13H23NOS2. The first-order valence-electron chi connectivity index (χ1n) is 6.60. The van der Waals surface area contributed by atoms with Crippen LogP contribution in [0.1, 0.15) is 44.9 Å². The van der Waals surface area contributed by atoms with Gasteiger partial charge < -0.3 is 5.32 Å². The van der Waals surface area contributed by atoms with Crippen molar-refractivity contribution in [3.63, 3.8) is 0 Å². The summed E-state index contributed by atoms with van der Waals surface area (Å²) in [6, 6.07) is 0.432. The lowest BCUT2D eigenvalue weighted by atomic mass is 9.94. The highest BCUT2D eigenvalue weighted by molar-refractivity contribution is 7.99. The monoisotopic (exact) mass is 273 g/mol. The first-order chi connectivity index (χ1) is 8.17. The van der Waals surface area contributed by atoms with Crippen molar-refractivity contribution in [2.45, 2.75) is 56.2 Å². The van der Waals surface area contributed by atoms with Gasteiger partial charge in [0.15, 0.2) is 0 Å². The van der Waals surface area contributed by atoms with Crippen molar-refractivity contribution in [2.75, 3.05) is 12.0 Å². The van der Waals surface area contributed by atoms with E-state index in [1.165, 1.54) is 25.7 Å². The van der Waals surface area contributed by atoms with Crippen LogP contribution in [-0.4, -0.2) is 29.2 Å². The van der Waals surface area contributed by atoms with E-state index >= 15 is 0 Å². The van der Waals surface area contributed by atoms with Gasteiger partial charge in [0.1, 0.15) is 0 Å². The second-order valence-electron chi connectivity index (χ2n) is 5.61. The van der Waals surface area contributed by atoms with Crippen LogP contribution in [-0.2, 0) is 4.79 Å². The Kier molecular flexibility index (Phi) is 4.70. The van der Waals surface area contributed by atoms with Gasteiger partial charge in [-0.1, -0.05) is 0 Å². The van der Waals surface area contributed by atoms with E-state index < -0.39 is 0 Å². The molecule has 0 bridgehead atoms. The second kappa shape index (κ2) is 5.87. The van der Waals surface area contributed by atoms with Gasteiger partial charge in [-0.15, -0.1) is 0 Å². The lowest BCUT2D eigenvalue weighted by Gasteiger charge is -2.28. The number of carbonyl (C=O) groups is 1. The number of hydrogen-bond donors (Lipinski definition) is 2. The van der Waals surface area contributed by atoms with E-state index in [1.807, 2.05) is 11.8 Å². The summed E-state index contributed by atoms with van der Waals surface area (Å²) < 4.78 is 0. The molecular weight excluding hydrogens is 250 g/mol. The summed E-state index contributed by atoms with van der Waals surface area (Å²) in [6.07, 6.45) is 10.1. The van der Waals surface area contributed by atoms with Crippen LogP contribution in [0, 0.1) is 5.41 Å². The Labute approximate surface area is 114 Å². The Bertz CT molecular complexity index is 271. The van der Waals surface area contributed by atoms with Gasteiger partial charge >= 0.3 is 0 Å². The summed E-state index contributed by atoms with van der Waals surface area (Å²) in [5.74, 6) is 1.11. The van der Waals surface area contributed by atoms with E-state index in [1.54, 1.807) is 0 Å². The van der Waals surface area contributed by atoms with Gasteiger partial charge in [0.05, 0.1) is 0 Å². The Balaban J connectivity index is 1.69. The first-order valence-corrected chi connectivity index (χ1v) is 8.52. The number of rotatable bonds is 5.